The van der Waals surface area contributed by atoms with E-state index >= 15 is 0 Å². The van der Waals surface area contributed by atoms with E-state index in [2.05, 4.69) is 17.2 Å². The second-order valence-corrected chi connectivity index (χ2v) is 4.42. The molecule has 0 bridgehead atoms. The number of ether oxygens (including phenoxy) is 1. The lowest BCUT2D eigenvalue weighted by molar-refractivity contribution is 0.288. The van der Waals surface area contributed by atoms with Gasteiger partial charge >= 0.3 is 0 Å². The van der Waals surface area contributed by atoms with E-state index in [1.165, 1.54) is 5.56 Å². The molecular weight excluding hydrogens is 226 g/mol. The van der Waals surface area contributed by atoms with Gasteiger partial charge in [0.1, 0.15) is 11.8 Å². The van der Waals surface area contributed by atoms with Crippen molar-refractivity contribution >= 4 is 0 Å². The van der Waals surface area contributed by atoms with Crippen LogP contribution in [0.4, 0.5) is 0 Å². The second-order valence-electron chi connectivity index (χ2n) is 4.42. The van der Waals surface area contributed by atoms with E-state index in [0.29, 0.717) is 5.69 Å². The van der Waals surface area contributed by atoms with Crippen LogP contribution in [0, 0.1) is 11.3 Å². The zero-order valence-electron chi connectivity index (χ0n) is 10.2. The molecule has 3 rings (SSSR count). The smallest absolute Gasteiger partial charge is 0.163 e. The van der Waals surface area contributed by atoms with Crippen LogP contribution in [0.1, 0.15) is 17.7 Å². The quantitative estimate of drug-likeness (QED) is 0.767. The van der Waals surface area contributed by atoms with Crippen LogP contribution >= 0.6 is 0 Å². The van der Waals surface area contributed by atoms with E-state index in [-0.39, 0.29) is 0 Å². The lowest BCUT2D eigenvalue weighted by atomic mass is 10.0. The summed E-state index contributed by atoms with van der Waals surface area (Å²) in [6.45, 7) is 0.802. The second kappa shape index (κ2) is 4.19. The Morgan fingerprint density at radius 3 is 3.06 bits per heavy atom. The summed E-state index contributed by atoms with van der Waals surface area (Å²) >= 11 is 0. The molecule has 2 aromatic rings. The molecule has 0 unspecified atom stereocenters. The molecule has 4 nitrogen and oxygen atoms in total. The normalized spacial score (nSPS) is 13.6. The summed E-state index contributed by atoms with van der Waals surface area (Å²) in [5.74, 6) is 0.979. The molecule has 18 heavy (non-hydrogen) atoms. The molecular formula is C14H13N3O. The Morgan fingerprint density at radius 2 is 2.28 bits per heavy atom. The number of aromatic nitrogens is 2. The molecule has 90 valence electrons. The number of hydrogen-bond donors (Lipinski definition) is 0. The highest BCUT2D eigenvalue weighted by atomic mass is 16.5. The third-order valence-electron chi connectivity index (χ3n) is 3.20. The molecule has 1 aromatic carbocycles. The van der Waals surface area contributed by atoms with Crippen molar-refractivity contribution in [2.24, 2.45) is 7.05 Å². The number of nitrogens with zero attached hydrogens (tertiary/aromatic N) is 3. The molecule has 0 saturated carbocycles. The van der Waals surface area contributed by atoms with Crippen LogP contribution < -0.4 is 4.74 Å². The first-order valence-corrected chi connectivity index (χ1v) is 5.98. The monoisotopic (exact) mass is 239 g/mol. The molecule has 0 spiro atoms. The fourth-order valence-corrected chi connectivity index (χ4v) is 2.31. The Labute approximate surface area is 105 Å². The Kier molecular flexibility index (Phi) is 2.52. The van der Waals surface area contributed by atoms with E-state index in [9.17, 15) is 0 Å². The average Bonchev–Trinajstić information content (AvgIpc) is 2.79. The first-order chi connectivity index (χ1) is 8.78. The van der Waals surface area contributed by atoms with Crippen LogP contribution in [0.15, 0.2) is 24.3 Å². The van der Waals surface area contributed by atoms with Gasteiger partial charge in [-0.1, -0.05) is 0 Å². The molecule has 0 atom stereocenters. The van der Waals surface area contributed by atoms with E-state index in [1.54, 1.807) is 4.68 Å². The average molecular weight is 239 g/mol. The molecule has 0 radical (unpaired) electrons. The third kappa shape index (κ3) is 1.74. The van der Waals surface area contributed by atoms with Crippen molar-refractivity contribution < 1.29 is 4.74 Å². The molecule has 0 amide bonds. The van der Waals surface area contributed by atoms with Crippen molar-refractivity contribution in [1.29, 1.82) is 5.26 Å². The van der Waals surface area contributed by atoms with E-state index in [1.807, 2.05) is 25.2 Å². The Balaban J connectivity index is 2.06. The van der Waals surface area contributed by atoms with Crippen LogP contribution in [0.5, 0.6) is 5.75 Å². The fraction of sp³-hybridized carbons (Fsp3) is 0.286. The minimum atomic E-state index is 0.446. The maximum absolute atomic E-state index is 8.87. The highest BCUT2D eigenvalue weighted by Crippen LogP contribution is 2.30. The van der Waals surface area contributed by atoms with Crippen molar-refractivity contribution in [3.05, 3.63) is 35.5 Å². The van der Waals surface area contributed by atoms with Gasteiger partial charge in [0.25, 0.3) is 0 Å². The van der Waals surface area contributed by atoms with Gasteiger partial charge < -0.3 is 4.74 Å². The molecule has 0 fully saturated rings. The molecule has 0 saturated heterocycles. The summed E-state index contributed by atoms with van der Waals surface area (Å²) in [5, 5.41) is 13.0. The maximum atomic E-state index is 8.87. The first-order valence-electron chi connectivity index (χ1n) is 5.98. The van der Waals surface area contributed by atoms with E-state index in [4.69, 9.17) is 10.00 Å². The van der Waals surface area contributed by atoms with Crippen molar-refractivity contribution in [3.8, 4) is 23.1 Å². The number of aryl methyl sites for hydroxylation is 2. The molecule has 2 heterocycles. The number of fused-ring (bicyclic) bond motifs is 1. The van der Waals surface area contributed by atoms with Crippen LogP contribution in [0.3, 0.4) is 0 Å². The molecule has 1 aliphatic heterocycles. The van der Waals surface area contributed by atoms with Crippen LogP contribution in [-0.2, 0) is 13.5 Å². The summed E-state index contributed by atoms with van der Waals surface area (Å²) in [5.41, 5.74) is 3.72. The van der Waals surface area contributed by atoms with E-state index < -0.39 is 0 Å². The van der Waals surface area contributed by atoms with Gasteiger partial charge in [0.2, 0.25) is 0 Å². The summed E-state index contributed by atoms with van der Waals surface area (Å²) in [6.07, 6.45) is 2.11. The summed E-state index contributed by atoms with van der Waals surface area (Å²) < 4.78 is 7.34. The van der Waals surface area contributed by atoms with Gasteiger partial charge in [0.05, 0.1) is 12.3 Å². The highest BCUT2D eigenvalue weighted by Gasteiger charge is 2.13. The van der Waals surface area contributed by atoms with Gasteiger partial charge in [0, 0.05) is 18.7 Å². The number of benzene rings is 1. The minimum Gasteiger partial charge on any atom is -0.493 e. The van der Waals surface area contributed by atoms with Gasteiger partial charge in [-0.25, -0.2) is 0 Å². The van der Waals surface area contributed by atoms with Gasteiger partial charge in [-0.15, -0.1) is 0 Å². The number of hydrogen-bond acceptors (Lipinski definition) is 3. The Morgan fingerprint density at radius 1 is 1.39 bits per heavy atom. The lowest BCUT2D eigenvalue weighted by Crippen LogP contribution is -2.08. The molecule has 1 aliphatic rings. The topological polar surface area (TPSA) is 50.8 Å². The summed E-state index contributed by atoms with van der Waals surface area (Å²) in [7, 11) is 1.85. The standard InChI is InChI=1S/C14H13N3O/c1-17-13(8-12(9-15)16-17)10-4-5-14-11(7-10)3-2-6-18-14/h4-5,7-8H,2-3,6H2,1H3. The van der Waals surface area contributed by atoms with Crippen LogP contribution in [0.2, 0.25) is 0 Å². The number of rotatable bonds is 1. The third-order valence-corrected chi connectivity index (χ3v) is 3.20. The van der Waals surface area contributed by atoms with Crippen LogP contribution in [-0.4, -0.2) is 16.4 Å². The van der Waals surface area contributed by atoms with Gasteiger partial charge in [-0.2, -0.15) is 10.4 Å². The van der Waals surface area contributed by atoms with Crippen molar-refractivity contribution in [2.45, 2.75) is 12.8 Å². The Hall–Kier alpha value is -2.28. The van der Waals surface area contributed by atoms with Crippen LogP contribution in [0.25, 0.3) is 11.3 Å². The van der Waals surface area contributed by atoms with Crippen molar-refractivity contribution in [2.75, 3.05) is 6.61 Å². The zero-order valence-corrected chi connectivity index (χ0v) is 10.2. The van der Waals surface area contributed by atoms with Gasteiger partial charge in [0.15, 0.2) is 5.69 Å². The first kappa shape index (κ1) is 10.8. The molecule has 1 aromatic heterocycles. The SMILES string of the molecule is Cn1nc(C#N)cc1-c1ccc2c(c1)CCCO2. The predicted octanol–water partition coefficient (Wildman–Crippen LogP) is 2.28. The highest BCUT2D eigenvalue weighted by molar-refractivity contribution is 5.63. The number of nitriles is 1. The minimum absolute atomic E-state index is 0.446. The zero-order chi connectivity index (χ0) is 12.5. The molecule has 0 aliphatic carbocycles. The largest absolute Gasteiger partial charge is 0.493 e. The summed E-state index contributed by atoms with van der Waals surface area (Å²) in [6, 6.07) is 10.0. The van der Waals surface area contributed by atoms with Crippen molar-refractivity contribution in [3.63, 3.8) is 0 Å². The maximum Gasteiger partial charge on any atom is 0.163 e. The van der Waals surface area contributed by atoms with Crippen molar-refractivity contribution in [1.82, 2.24) is 9.78 Å². The molecule has 4 heteroatoms. The lowest BCUT2D eigenvalue weighted by Gasteiger charge is -2.17. The molecule has 0 N–H and O–H groups in total. The van der Waals surface area contributed by atoms with Gasteiger partial charge in [-0.3, -0.25) is 4.68 Å². The van der Waals surface area contributed by atoms with Gasteiger partial charge in [-0.05, 0) is 36.6 Å². The Bertz CT molecular complexity index is 637. The van der Waals surface area contributed by atoms with E-state index in [0.717, 1.165) is 36.5 Å². The summed E-state index contributed by atoms with van der Waals surface area (Å²) in [4.78, 5) is 0. The fourth-order valence-electron chi connectivity index (χ4n) is 2.31. The predicted molar refractivity (Wildman–Crippen MR) is 67.2 cm³/mol.